The number of hydrogen-bond acceptors (Lipinski definition) is 5. The van der Waals surface area contributed by atoms with E-state index in [0.29, 0.717) is 0 Å². The zero-order chi connectivity index (χ0) is 6.41. The van der Waals surface area contributed by atoms with Gasteiger partial charge in [-0.15, -0.1) is 0 Å². The fraction of sp³-hybridized carbons (Fsp3) is 0. The largest absolute Gasteiger partial charge is 0 e. The maximum atomic E-state index is 9.24. The fourth-order valence-corrected chi connectivity index (χ4v) is 0. The Morgan fingerprint density at radius 2 is 0.875 bits per heavy atom. The van der Waals surface area contributed by atoms with Crippen LogP contribution in [-0.2, 0) is 62.9 Å². The predicted octanol–water partition coefficient (Wildman–Crippen LogP) is -0.601. The summed E-state index contributed by atoms with van der Waals surface area (Å²) < 4.78 is 46.2. The molecular formula is IrO5RuTa. The zero-order valence-corrected chi connectivity index (χ0v) is 10.5. The Morgan fingerprint density at radius 3 is 0.875 bits per heavy atom. The quantitative estimate of drug-likeness (QED) is 0.374. The smallest absolute Gasteiger partial charge is 0 e. The van der Waals surface area contributed by atoms with E-state index in [1.807, 2.05) is 0 Å². The molecule has 0 heterocycles. The summed E-state index contributed by atoms with van der Waals surface area (Å²) in [6.45, 7) is 0. The maximum absolute atomic E-state index is 9.24. The van der Waals surface area contributed by atoms with Gasteiger partial charge in [0.15, 0.2) is 0 Å². The van der Waals surface area contributed by atoms with Crippen LogP contribution in [-0.4, -0.2) is 0 Å². The van der Waals surface area contributed by atoms with E-state index >= 15 is 0 Å². The molecule has 52 valence electrons. The van der Waals surface area contributed by atoms with Crippen molar-refractivity contribution < 1.29 is 62.9 Å². The minimum atomic E-state index is -8.60. The molecule has 0 N–H and O–H groups in total. The molecule has 0 rings (SSSR count). The van der Waals surface area contributed by atoms with E-state index in [1.54, 1.807) is 0 Å². The summed E-state index contributed by atoms with van der Waals surface area (Å²) in [4.78, 5) is 0. The Kier molecular flexibility index (Phi) is 2.26. The van der Waals surface area contributed by atoms with Gasteiger partial charge in [-0.1, -0.05) is 0 Å². The van der Waals surface area contributed by atoms with E-state index in [4.69, 9.17) is 0 Å². The van der Waals surface area contributed by atoms with Crippen LogP contribution in [0.2, 0.25) is 0 Å². The Bertz CT molecular complexity index is 391. The molecule has 0 spiro atoms. The van der Waals surface area contributed by atoms with Gasteiger partial charge in [0.25, 0.3) is 0 Å². The van der Waals surface area contributed by atoms with Crippen LogP contribution in [0.25, 0.3) is 0 Å². The second kappa shape index (κ2) is 1.54. The molecule has 8 heteroatoms. The molecule has 0 amide bonds. The third kappa shape index (κ3) is 247. The van der Waals surface area contributed by atoms with Crippen LogP contribution in [0.3, 0.4) is 0 Å². The standard InChI is InChI=1S/Ir.5O.Ru.Ta. The zero-order valence-electron chi connectivity index (χ0n) is 3.18. The van der Waals surface area contributed by atoms with Crippen LogP contribution >= 0.6 is 0 Å². The first-order valence-corrected chi connectivity index (χ1v) is 17.5. The maximum Gasteiger partial charge on any atom is 0 e. The Labute approximate surface area is 62.3 Å². The van der Waals surface area contributed by atoms with Gasteiger partial charge in [-0.25, -0.2) is 0 Å². The topological polar surface area (TPSA) is 85.3 Å². The second-order valence-corrected chi connectivity index (χ2v) is 26.5. The van der Waals surface area contributed by atoms with Gasteiger partial charge >= 0.3 is 43.4 Å². The van der Waals surface area contributed by atoms with Crippen LogP contribution in [0.4, 0.5) is 0 Å². The minimum Gasteiger partial charge on any atom is 0 e. The van der Waals surface area contributed by atoms with E-state index < -0.39 is 11.5 Å². The summed E-state index contributed by atoms with van der Waals surface area (Å²) in [5.41, 5.74) is 0. The van der Waals surface area contributed by atoms with Crippen molar-refractivity contribution in [3.63, 3.8) is 0 Å². The van der Waals surface area contributed by atoms with Gasteiger partial charge in [0.1, 0.15) is 0 Å². The van der Waals surface area contributed by atoms with Crippen molar-refractivity contribution in [3.05, 3.63) is 0 Å². The number of rotatable bonds is 0. The minimum absolute atomic E-state index is 0. The third-order valence-corrected chi connectivity index (χ3v) is 0. The van der Waals surface area contributed by atoms with Crippen LogP contribution in [0.15, 0.2) is 0 Å². The summed E-state index contributed by atoms with van der Waals surface area (Å²) in [5, 5.41) is 0. The Morgan fingerprint density at radius 1 is 0.875 bits per heavy atom. The SMILES string of the molecule is [O]=[Ta](=[O])(=[O])(=[O])(=[O])[Ir].[Ru]. The van der Waals surface area contributed by atoms with Crippen molar-refractivity contribution in [2.24, 2.45) is 0 Å². The second-order valence-electron chi connectivity index (χ2n) is 1.05. The first-order chi connectivity index (χ1) is 2.45. The van der Waals surface area contributed by atoms with E-state index in [9.17, 15) is 16.3 Å². The van der Waals surface area contributed by atoms with Gasteiger partial charge in [0, 0.05) is 19.5 Å². The van der Waals surface area contributed by atoms with Crippen LogP contribution in [0.1, 0.15) is 0 Å². The number of hydrogen-bond donors (Lipinski definition) is 0. The average molecular weight is 554 g/mol. The van der Waals surface area contributed by atoms with Crippen molar-refractivity contribution in [1.82, 2.24) is 0 Å². The van der Waals surface area contributed by atoms with Crippen molar-refractivity contribution in [2.45, 2.75) is 0 Å². The van der Waals surface area contributed by atoms with E-state index in [1.165, 1.54) is 0 Å². The van der Waals surface area contributed by atoms with Gasteiger partial charge in [-0.05, 0) is 0 Å². The van der Waals surface area contributed by atoms with Gasteiger partial charge in [0.2, 0.25) is 0 Å². The molecule has 0 unspecified atom stereocenters. The summed E-state index contributed by atoms with van der Waals surface area (Å²) in [6.07, 6.45) is 0. The van der Waals surface area contributed by atoms with Gasteiger partial charge < -0.3 is 0 Å². The van der Waals surface area contributed by atoms with Crippen LogP contribution < -0.4 is 0 Å². The van der Waals surface area contributed by atoms with Crippen molar-refractivity contribution in [2.75, 3.05) is 0 Å². The molecule has 0 fully saturated rings. The molecule has 0 atom stereocenters. The van der Waals surface area contributed by atoms with Crippen LogP contribution in [0, 0.1) is 0 Å². The van der Waals surface area contributed by atoms with Crippen molar-refractivity contribution in [1.29, 1.82) is 0 Å². The molecule has 0 aliphatic carbocycles. The summed E-state index contributed by atoms with van der Waals surface area (Å²) >= 11 is -8.94. The molecule has 0 saturated carbocycles. The van der Waals surface area contributed by atoms with Gasteiger partial charge in [0.05, 0.1) is 0 Å². The molecule has 0 aliphatic heterocycles. The molecule has 0 aromatic rings. The third-order valence-electron chi connectivity index (χ3n) is 0. The summed E-state index contributed by atoms with van der Waals surface area (Å²) in [7, 11) is 0. The van der Waals surface area contributed by atoms with E-state index in [2.05, 4.69) is 0 Å². The molecular weight excluding hydrogens is 554 g/mol. The molecule has 0 aromatic carbocycles. The first kappa shape index (κ1) is 11.8. The molecule has 0 radical (unpaired) electrons. The molecule has 0 bridgehead atoms. The molecule has 0 aromatic heterocycles. The van der Waals surface area contributed by atoms with Crippen LogP contribution in [0.5, 0.6) is 0 Å². The van der Waals surface area contributed by atoms with Crippen molar-refractivity contribution in [3.8, 4) is 0 Å². The monoisotopic (exact) mass is 556 g/mol. The van der Waals surface area contributed by atoms with Gasteiger partial charge in [-0.2, -0.15) is 0 Å². The summed E-state index contributed by atoms with van der Waals surface area (Å²) in [6, 6.07) is 0. The molecule has 5 nitrogen and oxygen atoms in total. The Hall–Kier alpha value is 1.01. The van der Waals surface area contributed by atoms with Crippen molar-refractivity contribution >= 4 is 0 Å². The normalized spacial score (nSPS) is 10.8. The fourth-order valence-electron chi connectivity index (χ4n) is 0. The average Bonchev–Trinajstić information content (AvgIpc) is 0.592. The summed E-state index contributed by atoms with van der Waals surface area (Å²) in [5.74, 6) is 0. The van der Waals surface area contributed by atoms with Gasteiger partial charge in [-0.3, -0.25) is 0 Å². The first-order valence-electron chi connectivity index (χ1n) is 1.06. The van der Waals surface area contributed by atoms with E-state index in [0.717, 1.165) is 0 Å². The molecule has 8 heavy (non-hydrogen) atoms. The Balaban J connectivity index is 0. The predicted molar refractivity (Wildman–Crippen MR) is 3.43 cm³/mol. The van der Waals surface area contributed by atoms with E-state index in [-0.39, 0.29) is 35.2 Å². The molecule has 0 aliphatic rings. The molecule has 0 saturated heterocycles.